The SMILES string of the molecule is CCOc1ccc(-c2nc(CC(C)NC)no2)cc1OCC. The predicted octanol–water partition coefficient (Wildman–Crippen LogP) is 2.68. The second-order valence-corrected chi connectivity index (χ2v) is 4.94. The van der Waals surface area contributed by atoms with E-state index in [2.05, 4.69) is 22.4 Å². The van der Waals surface area contributed by atoms with Gasteiger partial charge in [-0.2, -0.15) is 4.98 Å². The van der Waals surface area contributed by atoms with Crippen molar-refractivity contribution < 1.29 is 14.0 Å². The van der Waals surface area contributed by atoms with Crippen LogP contribution in [-0.2, 0) is 6.42 Å². The van der Waals surface area contributed by atoms with Gasteiger partial charge in [-0.25, -0.2) is 0 Å². The summed E-state index contributed by atoms with van der Waals surface area (Å²) in [4.78, 5) is 4.43. The minimum absolute atomic E-state index is 0.296. The maximum atomic E-state index is 5.62. The predicted molar refractivity (Wildman–Crippen MR) is 84.3 cm³/mol. The highest BCUT2D eigenvalue weighted by Crippen LogP contribution is 2.32. The van der Waals surface area contributed by atoms with E-state index in [0.717, 1.165) is 17.7 Å². The number of benzene rings is 1. The van der Waals surface area contributed by atoms with Crippen molar-refractivity contribution in [2.45, 2.75) is 33.2 Å². The monoisotopic (exact) mass is 305 g/mol. The van der Waals surface area contributed by atoms with E-state index < -0.39 is 0 Å². The number of ether oxygens (including phenoxy) is 2. The highest BCUT2D eigenvalue weighted by atomic mass is 16.5. The van der Waals surface area contributed by atoms with E-state index >= 15 is 0 Å². The van der Waals surface area contributed by atoms with Crippen LogP contribution in [0.15, 0.2) is 22.7 Å². The van der Waals surface area contributed by atoms with Gasteiger partial charge < -0.3 is 19.3 Å². The topological polar surface area (TPSA) is 69.4 Å². The van der Waals surface area contributed by atoms with Gasteiger partial charge >= 0.3 is 0 Å². The number of nitrogens with one attached hydrogen (secondary N) is 1. The quantitative estimate of drug-likeness (QED) is 0.808. The van der Waals surface area contributed by atoms with Crippen LogP contribution < -0.4 is 14.8 Å². The fraction of sp³-hybridized carbons (Fsp3) is 0.500. The van der Waals surface area contributed by atoms with Gasteiger partial charge in [0.05, 0.1) is 13.2 Å². The van der Waals surface area contributed by atoms with Crippen molar-refractivity contribution in [1.82, 2.24) is 15.5 Å². The Morgan fingerprint density at radius 3 is 2.59 bits per heavy atom. The van der Waals surface area contributed by atoms with Crippen molar-refractivity contribution in [3.8, 4) is 23.0 Å². The summed E-state index contributed by atoms with van der Waals surface area (Å²) < 4.78 is 16.5. The number of aromatic nitrogens is 2. The van der Waals surface area contributed by atoms with Gasteiger partial charge in [-0.3, -0.25) is 0 Å². The second-order valence-electron chi connectivity index (χ2n) is 4.94. The van der Waals surface area contributed by atoms with E-state index in [1.165, 1.54) is 0 Å². The first-order valence-electron chi connectivity index (χ1n) is 7.57. The Hall–Kier alpha value is -2.08. The third-order valence-corrected chi connectivity index (χ3v) is 3.24. The van der Waals surface area contributed by atoms with Gasteiger partial charge in [0.2, 0.25) is 0 Å². The van der Waals surface area contributed by atoms with E-state index in [9.17, 15) is 0 Å². The molecule has 2 rings (SSSR count). The minimum Gasteiger partial charge on any atom is -0.490 e. The van der Waals surface area contributed by atoms with Crippen LogP contribution in [0, 0.1) is 0 Å². The Labute approximate surface area is 130 Å². The molecule has 0 aliphatic rings. The molecule has 6 nitrogen and oxygen atoms in total. The summed E-state index contributed by atoms with van der Waals surface area (Å²) in [5, 5.41) is 7.17. The van der Waals surface area contributed by atoms with Crippen LogP contribution in [0.3, 0.4) is 0 Å². The molecule has 0 fully saturated rings. The molecule has 0 aliphatic heterocycles. The Kier molecular flexibility index (Phi) is 5.77. The normalized spacial score (nSPS) is 12.2. The fourth-order valence-corrected chi connectivity index (χ4v) is 2.01. The lowest BCUT2D eigenvalue weighted by molar-refractivity contribution is 0.288. The van der Waals surface area contributed by atoms with Crippen molar-refractivity contribution in [3.63, 3.8) is 0 Å². The van der Waals surface area contributed by atoms with Crippen molar-refractivity contribution >= 4 is 0 Å². The molecule has 6 heteroatoms. The summed E-state index contributed by atoms with van der Waals surface area (Å²) in [6.45, 7) is 7.10. The molecular weight excluding hydrogens is 282 g/mol. The van der Waals surface area contributed by atoms with E-state index in [4.69, 9.17) is 14.0 Å². The van der Waals surface area contributed by atoms with Crippen LogP contribution >= 0.6 is 0 Å². The summed E-state index contributed by atoms with van der Waals surface area (Å²) in [5.41, 5.74) is 0.822. The molecule has 2 aromatic rings. The number of nitrogens with zero attached hydrogens (tertiary/aromatic N) is 2. The van der Waals surface area contributed by atoms with Gasteiger partial charge in [0.1, 0.15) is 0 Å². The first kappa shape index (κ1) is 16.3. The standard InChI is InChI=1S/C16H23N3O3/c1-5-20-13-8-7-12(10-14(13)21-6-2)16-18-15(19-22-16)9-11(3)17-4/h7-8,10-11,17H,5-6,9H2,1-4H3. The molecule has 1 unspecified atom stereocenters. The van der Waals surface area contributed by atoms with Crippen molar-refractivity contribution in [1.29, 1.82) is 0 Å². The Balaban J connectivity index is 2.23. The lowest BCUT2D eigenvalue weighted by Crippen LogP contribution is -2.24. The van der Waals surface area contributed by atoms with Crippen LogP contribution in [0.1, 0.15) is 26.6 Å². The van der Waals surface area contributed by atoms with Gasteiger partial charge in [0, 0.05) is 18.0 Å². The molecule has 0 saturated carbocycles. The molecule has 0 aliphatic carbocycles. The summed E-state index contributed by atoms with van der Waals surface area (Å²) in [7, 11) is 1.91. The lowest BCUT2D eigenvalue weighted by atomic mass is 10.2. The summed E-state index contributed by atoms with van der Waals surface area (Å²) >= 11 is 0. The Morgan fingerprint density at radius 1 is 1.18 bits per heavy atom. The van der Waals surface area contributed by atoms with Crippen LogP contribution in [0.4, 0.5) is 0 Å². The molecule has 120 valence electrons. The average molecular weight is 305 g/mol. The molecule has 1 aromatic carbocycles. The summed E-state index contributed by atoms with van der Waals surface area (Å²) in [6, 6.07) is 5.92. The van der Waals surface area contributed by atoms with Crippen LogP contribution in [0.2, 0.25) is 0 Å². The number of rotatable bonds is 8. The number of hydrogen-bond donors (Lipinski definition) is 1. The number of likely N-dealkylation sites (N-methyl/N-ethyl adjacent to an activating group) is 1. The van der Waals surface area contributed by atoms with Gasteiger partial charge in [-0.15, -0.1) is 0 Å². The molecule has 0 radical (unpaired) electrons. The average Bonchev–Trinajstić information content (AvgIpc) is 2.98. The highest BCUT2D eigenvalue weighted by Gasteiger charge is 2.14. The molecule has 0 saturated heterocycles. The molecular formula is C16H23N3O3. The smallest absolute Gasteiger partial charge is 0.258 e. The zero-order chi connectivity index (χ0) is 15.9. The maximum Gasteiger partial charge on any atom is 0.258 e. The van der Waals surface area contributed by atoms with Gasteiger partial charge in [-0.05, 0) is 46.0 Å². The molecule has 0 amide bonds. The van der Waals surface area contributed by atoms with E-state index in [-0.39, 0.29) is 0 Å². The van der Waals surface area contributed by atoms with Gasteiger partial charge in [0.25, 0.3) is 5.89 Å². The molecule has 1 aromatic heterocycles. The molecule has 1 heterocycles. The van der Waals surface area contributed by atoms with Crippen molar-refractivity contribution in [2.24, 2.45) is 0 Å². The zero-order valence-electron chi connectivity index (χ0n) is 13.5. The molecule has 0 bridgehead atoms. The zero-order valence-corrected chi connectivity index (χ0v) is 13.5. The third kappa shape index (κ3) is 3.98. The van der Waals surface area contributed by atoms with Gasteiger partial charge in [-0.1, -0.05) is 5.16 Å². The van der Waals surface area contributed by atoms with Crippen LogP contribution in [0.5, 0.6) is 11.5 Å². The number of hydrogen-bond acceptors (Lipinski definition) is 6. The third-order valence-electron chi connectivity index (χ3n) is 3.24. The lowest BCUT2D eigenvalue weighted by Gasteiger charge is -2.11. The molecule has 0 spiro atoms. The largest absolute Gasteiger partial charge is 0.490 e. The Bertz CT molecular complexity index is 598. The highest BCUT2D eigenvalue weighted by molar-refractivity contribution is 5.59. The Morgan fingerprint density at radius 2 is 1.91 bits per heavy atom. The molecule has 1 atom stereocenters. The van der Waals surface area contributed by atoms with E-state index in [1.807, 2.05) is 39.1 Å². The molecule has 22 heavy (non-hydrogen) atoms. The van der Waals surface area contributed by atoms with Gasteiger partial charge in [0.15, 0.2) is 17.3 Å². The second kappa shape index (κ2) is 7.79. The van der Waals surface area contributed by atoms with Crippen LogP contribution in [0.25, 0.3) is 11.5 Å². The van der Waals surface area contributed by atoms with Crippen molar-refractivity contribution in [3.05, 3.63) is 24.0 Å². The van der Waals surface area contributed by atoms with E-state index in [0.29, 0.717) is 36.7 Å². The summed E-state index contributed by atoms with van der Waals surface area (Å²) in [5.74, 6) is 2.58. The fourth-order valence-electron chi connectivity index (χ4n) is 2.01. The summed E-state index contributed by atoms with van der Waals surface area (Å²) in [6.07, 6.45) is 0.718. The maximum absolute atomic E-state index is 5.62. The van der Waals surface area contributed by atoms with E-state index in [1.54, 1.807) is 0 Å². The van der Waals surface area contributed by atoms with Crippen molar-refractivity contribution in [2.75, 3.05) is 20.3 Å². The molecule has 1 N–H and O–H groups in total. The first-order valence-corrected chi connectivity index (χ1v) is 7.57. The van der Waals surface area contributed by atoms with Crippen LogP contribution in [-0.4, -0.2) is 36.4 Å². The minimum atomic E-state index is 0.296. The first-order chi connectivity index (χ1) is 10.7.